The van der Waals surface area contributed by atoms with E-state index in [9.17, 15) is 13.2 Å². The van der Waals surface area contributed by atoms with Gasteiger partial charge < -0.3 is 9.53 Å². The quantitative estimate of drug-likeness (QED) is 0.852. The first-order chi connectivity index (χ1) is 8.31. The Kier molecular flexibility index (Phi) is 4.72. The third kappa shape index (κ3) is 4.75. The lowest BCUT2D eigenvalue weighted by Gasteiger charge is -2.11. The molecule has 0 aliphatic carbocycles. The summed E-state index contributed by atoms with van der Waals surface area (Å²) in [7, 11) is -1.88. The molecule has 0 spiro atoms. The lowest BCUT2D eigenvalue weighted by atomic mass is 10.1. The first-order valence-corrected chi connectivity index (χ1v) is 7.35. The lowest BCUT2D eigenvalue weighted by Crippen LogP contribution is -2.11. The Hall–Kier alpha value is -1.56. The van der Waals surface area contributed by atoms with Crippen molar-refractivity contribution in [2.45, 2.75) is 19.8 Å². The fourth-order valence-corrected chi connectivity index (χ4v) is 2.07. The summed E-state index contributed by atoms with van der Waals surface area (Å²) >= 11 is 0. The molecule has 1 aromatic rings. The number of rotatable bonds is 6. The number of nitrogens with one attached hydrogen (secondary N) is 1. The number of ether oxygens (including phenoxy) is 1. The van der Waals surface area contributed by atoms with Crippen LogP contribution in [0.3, 0.4) is 0 Å². The summed E-state index contributed by atoms with van der Waals surface area (Å²) in [6.45, 7) is 1.53. The van der Waals surface area contributed by atoms with Crippen LogP contribution in [0.25, 0.3) is 0 Å². The zero-order chi connectivity index (χ0) is 13.8. The first-order valence-electron chi connectivity index (χ1n) is 5.46. The minimum absolute atomic E-state index is 0.100. The SMILES string of the molecule is COc1ccc(CCC(C)=O)cc1NS(C)(=O)=O. The Morgan fingerprint density at radius 2 is 2.06 bits per heavy atom. The van der Waals surface area contributed by atoms with Crippen LogP contribution in [-0.2, 0) is 21.2 Å². The average Bonchev–Trinajstić information content (AvgIpc) is 2.24. The third-order valence-electron chi connectivity index (χ3n) is 2.32. The summed E-state index contributed by atoms with van der Waals surface area (Å²) in [5.74, 6) is 0.551. The van der Waals surface area contributed by atoms with Crippen LogP contribution in [0, 0.1) is 0 Å². The summed E-state index contributed by atoms with van der Waals surface area (Å²) in [4.78, 5) is 10.9. The van der Waals surface area contributed by atoms with Crippen molar-refractivity contribution in [3.8, 4) is 5.75 Å². The third-order valence-corrected chi connectivity index (χ3v) is 2.92. The number of hydrogen-bond donors (Lipinski definition) is 1. The molecule has 1 N–H and O–H groups in total. The maximum atomic E-state index is 11.2. The van der Waals surface area contributed by atoms with Gasteiger partial charge in [0.15, 0.2) is 0 Å². The smallest absolute Gasteiger partial charge is 0.229 e. The molecule has 18 heavy (non-hydrogen) atoms. The van der Waals surface area contributed by atoms with E-state index in [-0.39, 0.29) is 5.78 Å². The number of aryl methyl sites for hydroxylation is 1. The first kappa shape index (κ1) is 14.5. The molecule has 1 rings (SSSR count). The number of carbonyl (C=O) groups is 1. The number of carbonyl (C=O) groups excluding carboxylic acids is 1. The number of benzene rings is 1. The summed E-state index contributed by atoms with van der Waals surface area (Å²) in [6.07, 6.45) is 2.09. The van der Waals surface area contributed by atoms with Crippen molar-refractivity contribution in [1.29, 1.82) is 0 Å². The molecule has 0 heterocycles. The predicted octanol–water partition coefficient (Wildman–Crippen LogP) is 1.59. The van der Waals surface area contributed by atoms with Gasteiger partial charge >= 0.3 is 0 Å². The van der Waals surface area contributed by atoms with E-state index in [1.807, 2.05) is 6.07 Å². The van der Waals surface area contributed by atoms with Gasteiger partial charge in [0.05, 0.1) is 19.1 Å². The highest BCUT2D eigenvalue weighted by Crippen LogP contribution is 2.26. The zero-order valence-electron chi connectivity index (χ0n) is 10.7. The second-order valence-corrected chi connectivity index (χ2v) is 5.86. The molecule has 0 fully saturated rings. The Labute approximate surface area is 107 Å². The van der Waals surface area contributed by atoms with E-state index in [2.05, 4.69) is 4.72 Å². The molecule has 0 saturated heterocycles. The van der Waals surface area contributed by atoms with Crippen molar-refractivity contribution in [2.75, 3.05) is 18.1 Å². The van der Waals surface area contributed by atoms with E-state index >= 15 is 0 Å². The highest BCUT2D eigenvalue weighted by Gasteiger charge is 2.09. The topological polar surface area (TPSA) is 72.5 Å². The van der Waals surface area contributed by atoms with Gasteiger partial charge in [-0.2, -0.15) is 0 Å². The van der Waals surface area contributed by atoms with Gasteiger partial charge in [-0.05, 0) is 31.0 Å². The highest BCUT2D eigenvalue weighted by atomic mass is 32.2. The molecule has 0 aliphatic rings. The molecular weight excluding hydrogens is 254 g/mol. The second kappa shape index (κ2) is 5.86. The maximum absolute atomic E-state index is 11.2. The van der Waals surface area contributed by atoms with E-state index < -0.39 is 10.0 Å². The number of sulfonamides is 1. The second-order valence-electron chi connectivity index (χ2n) is 4.11. The van der Waals surface area contributed by atoms with E-state index in [1.54, 1.807) is 12.1 Å². The minimum Gasteiger partial charge on any atom is -0.495 e. The molecule has 0 radical (unpaired) electrons. The molecule has 0 amide bonds. The maximum Gasteiger partial charge on any atom is 0.229 e. The molecular formula is C12H17NO4S. The van der Waals surface area contributed by atoms with Gasteiger partial charge in [-0.1, -0.05) is 6.07 Å². The van der Waals surface area contributed by atoms with Crippen molar-refractivity contribution in [3.63, 3.8) is 0 Å². The van der Waals surface area contributed by atoms with E-state index in [4.69, 9.17) is 4.74 Å². The van der Waals surface area contributed by atoms with Crippen LogP contribution in [0.4, 0.5) is 5.69 Å². The summed E-state index contributed by atoms with van der Waals surface area (Å²) in [6, 6.07) is 5.18. The molecule has 100 valence electrons. The number of anilines is 1. The van der Waals surface area contributed by atoms with Crippen LogP contribution in [0.1, 0.15) is 18.9 Å². The number of Topliss-reactive ketones (excluding diaryl/α,β-unsaturated/α-hetero) is 1. The van der Waals surface area contributed by atoms with Crippen LogP contribution in [0.5, 0.6) is 5.75 Å². The van der Waals surface area contributed by atoms with Gasteiger partial charge in [0.25, 0.3) is 0 Å². The predicted molar refractivity (Wildman–Crippen MR) is 70.5 cm³/mol. The largest absolute Gasteiger partial charge is 0.495 e. The summed E-state index contributed by atoms with van der Waals surface area (Å²) in [5.41, 5.74) is 1.28. The van der Waals surface area contributed by atoms with Gasteiger partial charge in [-0.15, -0.1) is 0 Å². The van der Waals surface area contributed by atoms with Crippen molar-refractivity contribution >= 4 is 21.5 Å². The van der Waals surface area contributed by atoms with Crippen molar-refractivity contribution in [1.82, 2.24) is 0 Å². The molecule has 0 bridgehead atoms. The van der Waals surface area contributed by atoms with Crippen molar-refractivity contribution in [2.24, 2.45) is 0 Å². The fourth-order valence-electron chi connectivity index (χ4n) is 1.51. The fraction of sp³-hybridized carbons (Fsp3) is 0.417. The summed E-state index contributed by atoms with van der Waals surface area (Å²) < 4.78 is 29.9. The zero-order valence-corrected chi connectivity index (χ0v) is 11.5. The lowest BCUT2D eigenvalue weighted by molar-refractivity contribution is -0.116. The molecule has 0 atom stereocenters. The van der Waals surface area contributed by atoms with Crippen LogP contribution < -0.4 is 9.46 Å². The monoisotopic (exact) mass is 271 g/mol. The molecule has 0 aliphatic heterocycles. The average molecular weight is 271 g/mol. The van der Waals surface area contributed by atoms with Crippen molar-refractivity contribution in [3.05, 3.63) is 23.8 Å². The molecule has 6 heteroatoms. The molecule has 0 unspecified atom stereocenters. The van der Waals surface area contributed by atoms with E-state index in [0.29, 0.717) is 24.3 Å². The van der Waals surface area contributed by atoms with E-state index in [1.165, 1.54) is 14.0 Å². The van der Waals surface area contributed by atoms with Gasteiger partial charge in [-0.3, -0.25) is 4.72 Å². The van der Waals surface area contributed by atoms with Crippen LogP contribution in [0.15, 0.2) is 18.2 Å². The summed E-state index contributed by atoms with van der Waals surface area (Å²) in [5, 5.41) is 0. The van der Waals surface area contributed by atoms with Gasteiger partial charge in [0.1, 0.15) is 11.5 Å². The number of methoxy groups -OCH3 is 1. The van der Waals surface area contributed by atoms with Crippen molar-refractivity contribution < 1.29 is 17.9 Å². The molecule has 0 saturated carbocycles. The van der Waals surface area contributed by atoms with Crippen LogP contribution >= 0.6 is 0 Å². The van der Waals surface area contributed by atoms with Crippen LogP contribution in [0.2, 0.25) is 0 Å². The number of ketones is 1. The highest BCUT2D eigenvalue weighted by molar-refractivity contribution is 7.92. The normalized spacial score (nSPS) is 11.1. The Bertz CT molecular complexity index is 537. The standard InChI is InChI=1S/C12H17NO4S/c1-9(14)4-5-10-6-7-12(17-2)11(8-10)13-18(3,15)16/h6-8,13H,4-5H2,1-3H3. The number of hydrogen-bond acceptors (Lipinski definition) is 4. The van der Waals surface area contributed by atoms with E-state index in [0.717, 1.165) is 11.8 Å². The Morgan fingerprint density at radius 3 is 2.56 bits per heavy atom. The van der Waals surface area contributed by atoms with Gasteiger partial charge in [0.2, 0.25) is 10.0 Å². The molecule has 1 aromatic carbocycles. The minimum atomic E-state index is -3.35. The van der Waals surface area contributed by atoms with Gasteiger partial charge in [-0.25, -0.2) is 8.42 Å². The molecule has 5 nitrogen and oxygen atoms in total. The van der Waals surface area contributed by atoms with Gasteiger partial charge in [0, 0.05) is 6.42 Å². The molecule has 0 aromatic heterocycles. The Balaban J connectivity index is 2.98. The van der Waals surface area contributed by atoms with Crippen LogP contribution in [-0.4, -0.2) is 27.6 Å². The Morgan fingerprint density at radius 1 is 1.39 bits per heavy atom.